The molecule has 0 spiro atoms. The number of rotatable bonds is 2. The van der Waals surface area contributed by atoms with Crippen molar-refractivity contribution in [1.82, 2.24) is 0 Å². The second kappa shape index (κ2) is 3.99. The van der Waals surface area contributed by atoms with Crippen molar-refractivity contribution in [1.29, 1.82) is 0 Å². The molecular weight excluding hydrogens is 216 g/mol. The molecule has 1 radical (unpaired) electrons. The summed E-state index contributed by atoms with van der Waals surface area (Å²) in [5.74, 6) is 0.852. The molecule has 1 nitrogen and oxygen atoms in total. The first kappa shape index (κ1) is 9.43. The van der Waals surface area contributed by atoms with E-state index in [1.54, 1.807) is 11.3 Å². The summed E-state index contributed by atoms with van der Waals surface area (Å²) in [5, 5.41) is 2.15. The Morgan fingerprint density at radius 1 is 1.00 bits per heavy atom. The van der Waals surface area contributed by atoms with E-state index in [9.17, 15) is 0 Å². The van der Waals surface area contributed by atoms with Crippen LogP contribution < -0.4 is 4.74 Å². The Labute approximate surface area is 97.9 Å². The second-order valence-corrected chi connectivity index (χ2v) is 4.49. The highest BCUT2D eigenvalue weighted by Crippen LogP contribution is 2.34. The molecule has 2 heteroatoms. The van der Waals surface area contributed by atoms with Gasteiger partial charge in [0.15, 0.2) is 5.06 Å². The van der Waals surface area contributed by atoms with E-state index in [1.807, 2.05) is 36.4 Å². The Morgan fingerprint density at radius 2 is 1.81 bits per heavy atom. The predicted octanol–water partition coefficient (Wildman–Crippen LogP) is 4.49. The molecule has 0 fully saturated rings. The van der Waals surface area contributed by atoms with Gasteiger partial charge in [0.1, 0.15) is 5.75 Å². The molecule has 2 aromatic carbocycles. The van der Waals surface area contributed by atoms with Crippen LogP contribution in [-0.4, -0.2) is 0 Å². The molecule has 1 heterocycles. The van der Waals surface area contributed by atoms with Crippen LogP contribution in [0.2, 0.25) is 0 Å². The Kier molecular flexibility index (Phi) is 2.35. The SMILES string of the molecule is [c]1ccc(Oc2cc3ccccc3s2)cc1. The van der Waals surface area contributed by atoms with Crippen LogP contribution in [-0.2, 0) is 0 Å². The number of hydrogen-bond acceptors (Lipinski definition) is 2. The summed E-state index contributed by atoms with van der Waals surface area (Å²) in [5.41, 5.74) is 0. The second-order valence-electron chi connectivity index (χ2n) is 3.44. The maximum Gasteiger partial charge on any atom is 0.182 e. The molecule has 0 aliphatic heterocycles. The van der Waals surface area contributed by atoms with Gasteiger partial charge in [-0.05, 0) is 29.7 Å². The normalized spacial score (nSPS) is 10.5. The molecule has 0 aliphatic carbocycles. The van der Waals surface area contributed by atoms with Crippen molar-refractivity contribution < 1.29 is 4.74 Å². The highest BCUT2D eigenvalue weighted by atomic mass is 32.1. The topological polar surface area (TPSA) is 9.23 Å². The molecule has 0 amide bonds. The molecule has 0 saturated heterocycles. The average Bonchev–Trinajstić information content (AvgIpc) is 2.72. The van der Waals surface area contributed by atoms with Gasteiger partial charge in [0.05, 0.1) is 0 Å². The van der Waals surface area contributed by atoms with Crippen LogP contribution in [0, 0.1) is 6.07 Å². The van der Waals surface area contributed by atoms with E-state index in [4.69, 9.17) is 4.74 Å². The van der Waals surface area contributed by atoms with Crippen molar-refractivity contribution in [2.75, 3.05) is 0 Å². The molecule has 77 valence electrons. The molecular formula is C14H9OS. The average molecular weight is 225 g/mol. The van der Waals surface area contributed by atoms with E-state index in [0.29, 0.717) is 0 Å². The van der Waals surface area contributed by atoms with Crippen LogP contribution in [0.3, 0.4) is 0 Å². The van der Waals surface area contributed by atoms with Crippen LogP contribution in [0.15, 0.2) is 54.6 Å². The van der Waals surface area contributed by atoms with Gasteiger partial charge in [0.25, 0.3) is 0 Å². The van der Waals surface area contributed by atoms with Gasteiger partial charge >= 0.3 is 0 Å². The minimum atomic E-state index is 0.852. The van der Waals surface area contributed by atoms with Gasteiger partial charge in [0, 0.05) is 10.8 Å². The quantitative estimate of drug-likeness (QED) is 0.624. The van der Waals surface area contributed by atoms with Crippen molar-refractivity contribution in [3.8, 4) is 10.8 Å². The molecule has 1 aromatic heterocycles. The van der Waals surface area contributed by atoms with E-state index in [2.05, 4.69) is 24.3 Å². The van der Waals surface area contributed by atoms with Gasteiger partial charge < -0.3 is 4.74 Å². The molecule has 0 aliphatic rings. The largest absolute Gasteiger partial charge is 0.447 e. The van der Waals surface area contributed by atoms with Crippen LogP contribution in [0.4, 0.5) is 0 Å². The minimum Gasteiger partial charge on any atom is -0.447 e. The van der Waals surface area contributed by atoms with E-state index in [0.717, 1.165) is 10.8 Å². The Balaban J connectivity index is 1.95. The molecule has 0 bridgehead atoms. The van der Waals surface area contributed by atoms with Crippen LogP contribution >= 0.6 is 11.3 Å². The molecule has 0 N–H and O–H groups in total. The minimum absolute atomic E-state index is 0.852. The van der Waals surface area contributed by atoms with Crippen molar-refractivity contribution in [2.24, 2.45) is 0 Å². The van der Waals surface area contributed by atoms with Gasteiger partial charge in [-0.25, -0.2) is 0 Å². The molecule has 3 aromatic rings. The smallest absolute Gasteiger partial charge is 0.182 e. The zero-order chi connectivity index (χ0) is 10.8. The summed E-state index contributed by atoms with van der Waals surface area (Å²) in [6, 6.07) is 20.8. The van der Waals surface area contributed by atoms with E-state index < -0.39 is 0 Å². The van der Waals surface area contributed by atoms with Crippen molar-refractivity contribution in [2.45, 2.75) is 0 Å². The van der Waals surface area contributed by atoms with E-state index in [1.165, 1.54) is 10.1 Å². The van der Waals surface area contributed by atoms with Crippen LogP contribution in [0.5, 0.6) is 10.8 Å². The third-order valence-electron chi connectivity index (χ3n) is 2.31. The summed E-state index contributed by atoms with van der Waals surface area (Å²) in [6.07, 6.45) is 0. The number of ether oxygens (including phenoxy) is 1. The summed E-state index contributed by atoms with van der Waals surface area (Å²) in [6.45, 7) is 0. The monoisotopic (exact) mass is 225 g/mol. The first-order chi connectivity index (χ1) is 7.92. The van der Waals surface area contributed by atoms with Gasteiger partial charge in [0.2, 0.25) is 0 Å². The molecule has 0 saturated carbocycles. The highest BCUT2D eigenvalue weighted by molar-refractivity contribution is 7.20. The number of benzene rings is 2. The Bertz CT molecular complexity index is 565. The summed E-state index contributed by atoms with van der Waals surface area (Å²) in [7, 11) is 0. The van der Waals surface area contributed by atoms with Gasteiger partial charge in [-0.1, -0.05) is 41.7 Å². The number of thiophene rings is 1. The van der Waals surface area contributed by atoms with Gasteiger partial charge in [-0.2, -0.15) is 0 Å². The maximum atomic E-state index is 5.76. The summed E-state index contributed by atoms with van der Waals surface area (Å²) in [4.78, 5) is 0. The highest BCUT2D eigenvalue weighted by Gasteiger charge is 2.02. The van der Waals surface area contributed by atoms with Crippen LogP contribution in [0.25, 0.3) is 10.1 Å². The maximum absolute atomic E-state index is 5.76. The van der Waals surface area contributed by atoms with Gasteiger partial charge in [-0.15, -0.1) is 0 Å². The third-order valence-corrected chi connectivity index (χ3v) is 3.30. The van der Waals surface area contributed by atoms with Crippen molar-refractivity contribution in [3.63, 3.8) is 0 Å². The molecule has 0 unspecified atom stereocenters. The fraction of sp³-hybridized carbons (Fsp3) is 0. The van der Waals surface area contributed by atoms with E-state index >= 15 is 0 Å². The Hall–Kier alpha value is -1.80. The molecule has 16 heavy (non-hydrogen) atoms. The fourth-order valence-electron chi connectivity index (χ4n) is 1.56. The Morgan fingerprint density at radius 3 is 2.62 bits per heavy atom. The lowest BCUT2D eigenvalue weighted by Gasteiger charge is -2.00. The summed E-state index contributed by atoms with van der Waals surface area (Å²) >= 11 is 1.66. The first-order valence-electron chi connectivity index (χ1n) is 5.04. The van der Waals surface area contributed by atoms with Crippen molar-refractivity contribution >= 4 is 21.4 Å². The van der Waals surface area contributed by atoms with E-state index in [-0.39, 0.29) is 0 Å². The lowest BCUT2D eigenvalue weighted by molar-refractivity contribution is 0.497. The first-order valence-corrected chi connectivity index (χ1v) is 5.86. The predicted molar refractivity (Wildman–Crippen MR) is 67.2 cm³/mol. The lowest BCUT2D eigenvalue weighted by Crippen LogP contribution is -1.78. The third kappa shape index (κ3) is 1.79. The standard InChI is InChI=1S/C14H9OS/c1-2-7-12(8-3-1)15-14-10-11-6-4-5-9-13(11)16-14/h2-10H. The van der Waals surface area contributed by atoms with Gasteiger partial charge in [-0.3, -0.25) is 0 Å². The van der Waals surface area contributed by atoms with Crippen molar-refractivity contribution in [3.05, 3.63) is 60.7 Å². The summed E-state index contributed by atoms with van der Waals surface area (Å²) < 4.78 is 7.01. The zero-order valence-corrected chi connectivity index (χ0v) is 9.33. The van der Waals surface area contributed by atoms with Crippen LogP contribution in [0.1, 0.15) is 0 Å². The lowest BCUT2D eigenvalue weighted by atomic mass is 10.3. The molecule has 0 atom stereocenters. The fourth-order valence-corrected chi connectivity index (χ4v) is 2.50. The zero-order valence-electron chi connectivity index (χ0n) is 8.51. The number of hydrogen-bond donors (Lipinski definition) is 0. The molecule has 3 rings (SSSR count). The number of fused-ring (bicyclic) bond motifs is 1.